The van der Waals surface area contributed by atoms with Crippen molar-refractivity contribution in [1.82, 2.24) is 9.55 Å². The van der Waals surface area contributed by atoms with Crippen LogP contribution in [0, 0.1) is 0 Å². The summed E-state index contributed by atoms with van der Waals surface area (Å²) in [6.45, 7) is 0. The van der Waals surface area contributed by atoms with Gasteiger partial charge in [-0.2, -0.15) is 0 Å². The second kappa shape index (κ2) is 7.62. The number of aromatic amines is 1. The summed E-state index contributed by atoms with van der Waals surface area (Å²) >= 11 is 0. The molecular weight excluding hydrogens is 476 g/mol. The minimum absolute atomic E-state index is 0.907. The van der Waals surface area contributed by atoms with Crippen LogP contribution in [0.3, 0.4) is 0 Å². The molecule has 3 aromatic heterocycles. The Kier molecular flexibility index (Phi) is 4.05. The zero-order valence-electron chi connectivity index (χ0n) is 21.0. The van der Waals surface area contributed by atoms with Crippen molar-refractivity contribution in [1.29, 1.82) is 0 Å². The summed E-state index contributed by atoms with van der Waals surface area (Å²) < 4.78 is 8.85. The summed E-state index contributed by atoms with van der Waals surface area (Å²) in [6.07, 6.45) is 0. The molecule has 9 aromatic rings. The van der Waals surface area contributed by atoms with Crippen LogP contribution in [0.25, 0.3) is 82.4 Å². The van der Waals surface area contributed by atoms with Crippen molar-refractivity contribution < 1.29 is 4.42 Å². The minimum Gasteiger partial charge on any atom is -0.455 e. The van der Waals surface area contributed by atoms with Gasteiger partial charge in [0.05, 0.1) is 21.9 Å². The lowest BCUT2D eigenvalue weighted by molar-refractivity contribution is 0.673. The Bertz CT molecular complexity index is 2350. The molecule has 0 radical (unpaired) electrons. The average molecular weight is 499 g/mol. The average Bonchev–Trinajstić information content (AvgIpc) is 3.66. The fraction of sp³-hybridized carbons (Fsp3) is 0. The van der Waals surface area contributed by atoms with Gasteiger partial charge in [-0.3, -0.25) is 0 Å². The largest absolute Gasteiger partial charge is 0.455 e. The lowest BCUT2D eigenvalue weighted by Crippen LogP contribution is -1.94. The highest BCUT2D eigenvalue weighted by Crippen LogP contribution is 2.39. The van der Waals surface area contributed by atoms with Crippen LogP contribution < -0.4 is 0 Å². The molecule has 0 aliphatic carbocycles. The zero-order valence-corrected chi connectivity index (χ0v) is 21.0. The molecule has 6 aromatic carbocycles. The normalized spacial score (nSPS) is 12.1. The summed E-state index contributed by atoms with van der Waals surface area (Å²) in [5, 5.41) is 7.16. The van der Waals surface area contributed by atoms with Gasteiger partial charge < -0.3 is 14.0 Å². The van der Waals surface area contributed by atoms with E-state index in [-0.39, 0.29) is 0 Å². The maximum absolute atomic E-state index is 6.48. The third-order valence-corrected chi connectivity index (χ3v) is 8.12. The summed E-state index contributed by atoms with van der Waals surface area (Å²) in [7, 11) is 0. The number of hydrogen-bond acceptors (Lipinski definition) is 1. The molecule has 0 unspecified atom stereocenters. The number of H-pyrrole nitrogens is 1. The van der Waals surface area contributed by atoms with E-state index in [2.05, 4.69) is 137 Å². The van der Waals surface area contributed by atoms with E-state index >= 15 is 0 Å². The molecule has 0 atom stereocenters. The molecule has 0 fully saturated rings. The maximum atomic E-state index is 6.48. The number of nitrogens with zero attached hydrogens (tertiary/aromatic N) is 1. The number of rotatable bonds is 2. The van der Waals surface area contributed by atoms with E-state index in [1.54, 1.807) is 0 Å². The molecule has 9 rings (SSSR count). The van der Waals surface area contributed by atoms with Crippen molar-refractivity contribution in [2.45, 2.75) is 0 Å². The molecule has 1 N–H and O–H groups in total. The van der Waals surface area contributed by atoms with E-state index < -0.39 is 0 Å². The van der Waals surface area contributed by atoms with Crippen LogP contribution in [0.1, 0.15) is 0 Å². The summed E-state index contributed by atoms with van der Waals surface area (Å²) in [5.41, 5.74) is 10.0. The molecule has 3 heteroatoms. The quantitative estimate of drug-likeness (QED) is 0.253. The fourth-order valence-electron chi connectivity index (χ4n) is 6.37. The molecule has 3 nitrogen and oxygen atoms in total. The van der Waals surface area contributed by atoms with Crippen LogP contribution in [0.4, 0.5) is 0 Å². The highest BCUT2D eigenvalue weighted by atomic mass is 16.3. The molecule has 0 spiro atoms. The molecule has 0 saturated heterocycles. The molecule has 0 saturated carbocycles. The lowest BCUT2D eigenvalue weighted by Gasteiger charge is -2.10. The van der Waals surface area contributed by atoms with Gasteiger partial charge >= 0.3 is 0 Å². The second-order valence-corrected chi connectivity index (χ2v) is 10.3. The molecule has 0 aliphatic rings. The SMILES string of the molecule is c1cc(-c2ccc3oc4c(ccc5[nH]c6ccccc6c54)c3c2)cc(-n2c3ccccc3c3ccccc32)c1. The van der Waals surface area contributed by atoms with Crippen molar-refractivity contribution in [2.75, 3.05) is 0 Å². The van der Waals surface area contributed by atoms with Gasteiger partial charge in [-0.25, -0.2) is 0 Å². The Labute approximate surface area is 223 Å². The zero-order chi connectivity index (χ0) is 25.5. The van der Waals surface area contributed by atoms with Crippen LogP contribution in [0.2, 0.25) is 0 Å². The number of nitrogens with one attached hydrogen (secondary N) is 1. The summed E-state index contributed by atoms with van der Waals surface area (Å²) in [4.78, 5) is 3.53. The Morgan fingerprint density at radius 3 is 2.03 bits per heavy atom. The van der Waals surface area contributed by atoms with Gasteiger partial charge in [0.1, 0.15) is 11.2 Å². The van der Waals surface area contributed by atoms with E-state index in [0.717, 1.165) is 44.0 Å². The van der Waals surface area contributed by atoms with Crippen molar-refractivity contribution >= 4 is 65.6 Å². The first-order valence-corrected chi connectivity index (χ1v) is 13.3. The number of hydrogen-bond donors (Lipinski definition) is 1. The molecule has 0 amide bonds. The molecule has 0 bridgehead atoms. The number of aromatic nitrogens is 2. The molecule has 39 heavy (non-hydrogen) atoms. The van der Waals surface area contributed by atoms with Gasteiger partial charge in [-0.05, 0) is 65.7 Å². The van der Waals surface area contributed by atoms with Crippen LogP contribution in [-0.2, 0) is 0 Å². The standard InChI is InChI=1S/C36H22N2O/c1-4-13-30-28(12-1)35-31(37-30)18-17-27-29-21-23(16-19-34(29)39-36(27)35)22-8-7-9-24(20-22)38-32-14-5-2-10-25(32)26-11-3-6-15-33(26)38/h1-21,37H. The van der Waals surface area contributed by atoms with Crippen LogP contribution in [0.15, 0.2) is 132 Å². The maximum Gasteiger partial charge on any atom is 0.145 e. The number of para-hydroxylation sites is 3. The van der Waals surface area contributed by atoms with Crippen molar-refractivity contribution in [2.24, 2.45) is 0 Å². The van der Waals surface area contributed by atoms with Crippen LogP contribution >= 0.6 is 0 Å². The van der Waals surface area contributed by atoms with E-state index in [9.17, 15) is 0 Å². The van der Waals surface area contributed by atoms with E-state index in [1.165, 1.54) is 38.3 Å². The molecule has 182 valence electrons. The summed E-state index contributed by atoms with van der Waals surface area (Å²) in [5.74, 6) is 0. The lowest BCUT2D eigenvalue weighted by atomic mass is 10.0. The number of fused-ring (bicyclic) bond motifs is 10. The van der Waals surface area contributed by atoms with E-state index in [0.29, 0.717) is 0 Å². The molecule has 3 heterocycles. The predicted molar refractivity (Wildman–Crippen MR) is 163 cm³/mol. The first-order chi connectivity index (χ1) is 19.3. The Balaban J connectivity index is 1.25. The second-order valence-electron chi connectivity index (χ2n) is 10.3. The highest BCUT2D eigenvalue weighted by molar-refractivity contribution is 6.23. The topological polar surface area (TPSA) is 33.9 Å². The first-order valence-electron chi connectivity index (χ1n) is 13.3. The minimum atomic E-state index is 0.907. The smallest absolute Gasteiger partial charge is 0.145 e. The first kappa shape index (κ1) is 20.7. The Morgan fingerprint density at radius 2 is 1.21 bits per heavy atom. The van der Waals surface area contributed by atoms with Crippen molar-refractivity contribution in [3.05, 3.63) is 127 Å². The van der Waals surface area contributed by atoms with Gasteiger partial charge in [-0.15, -0.1) is 0 Å². The number of benzene rings is 6. The van der Waals surface area contributed by atoms with Gasteiger partial charge in [0, 0.05) is 38.1 Å². The third-order valence-electron chi connectivity index (χ3n) is 8.12. The van der Waals surface area contributed by atoms with Crippen molar-refractivity contribution in [3.63, 3.8) is 0 Å². The van der Waals surface area contributed by atoms with Gasteiger partial charge in [0.15, 0.2) is 0 Å². The van der Waals surface area contributed by atoms with Gasteiger partial charge in [0.25, 0.3) is 0 Å². The highest BCUT2D eigenvalue weighted by Gasteiger charge is 2.16. The number of furan rings is 1. The molecule has 0 aliphatic heterocycles. The predicted octanol–water partition coefficient (Wildman–Crippen LogP) is 9.98. The van der Waals surface area contributed by atoms with E-state index in [1.807, 2.05) is 0 Å². The third kappa shape index (κ3) is 2.87. The Hall–Kier alpha value is -5.28. The van der Waals surface area contributed by atoms with Crippen molar-refractivity contribution in [3.8, 4) is 16.8 Å². The van der Waals surface area contributed by atoms with Gasteiger partial charge in [-0.1, -0.05) is 72.8 Å². The monoisotopic (exact) mass is 498 g/mol. The molecular formula is C36H22N2O. The Morgan fingerprint density at radius 1 is 0.487 bits per heavy atom. The summed E-state index contributed by atoms with van der Waals surface area (Å²) in [6, 6.07) is 45.4. The van der Waals surface area contributed by atoms with Crippen LogP contribution in [0.5, 0.6) is 0 Å². The van der Waals surface area contributed by atoms with E-state index in [4.69, 9.17) is 4.42 Å². The van der Waals surface area contributed by atoms with Crippen LogP contribution in [-0.4, -0.2) is 9.55 Å². The van der Waals surface area contributed by atoms with Gasteiger partial charge in [0.2, 0.25) is 0 Å². The fourth-order valence-corrected chi connectivity index (χ4v) is 6.37.